The van der Waals surface area contributed by atoms with Gasteiger partial charge in [-0.3, -0.25) is 4.79 Å². The molecule has 4 aromatic carbocycles. The molecule has 0 saturated carbocycles. The van der Waals surface area contributed by atoms with Gasteiger partial charge in [0.2, 0.25) is 0 Å². The summed E-state index contributed by atoms with van der Waals surface area (Å²) < 4.78 is 23.1. The molecule has 276 valence electrons. The number of hydrazone groups is 1. The number of carbonyl (C=O) groups excluding carboxylic acids is 2. The van der Waals surface area contributed by atoms with Crippen LogP contribution in [0, 0.1) is 0 Å². The fourth-order valence-corrected chi connectivity index (χ4v) is 5.40. The third-order valence-electron chi connectivity index (χ3n) is 8.54. The zero-order valence-corrected chi connectivity index (χ0v) is 30.8. The third kappa shape index (κ3) is 15.0. The summed E-state index contributed by atoms with van der Waals surface area (Å²) in [5, 5.41) is 4.06. The molecule has 0 aliphatic carbocycles. The van der Waals surface area contributed by atoms with Crippen LogP contribution >= 0.6 is 0 Å². The van der Waals surface area contributed by atoms with Crippen LogP contribution in [0.3, 0.4) is 0 Å². The lowest BCUT2D eigenvalue weighted by molar-refractivity contribution is 0.0734. The van der Waals surface area contributed by atoms with E-state index in [0.29, 0.717) is 35.8 Å². The van der Waals surface area contributed by atoms with Crippen molar-refractivity contribution in [2.75, 3.05) is 13.2 Å². The van der Waals surface area contributed by atoms with Crippen LogP contribution in [0.25, 0.3) is 0 Å². The molecule has 0 spiro atoms. The van der Waals surface area contributed by atoms with Crippen molar-refractivity contribution in [3.63, 3.8) is 0 Å². The molecule has 1 N–H and O–H groups in total. The third-order valence-corrected chi connectivity index (χ3v) is 8.54. The van der Waals surface area contributed by atoms with Gasteiger partial charge in [0, 0.05) is 5.56 Å². The molecule has 4 aromatic rings. The molecule has 0 atom stereocenters. The molecule has 8 heteroatoms. The maximum absolute atomic E-state index is 12.6. The van der Waals surface area contributed by atoms with E-state index in [4.69, 9.17) is 18.9 Å². The molecular formula is C44H54N2O6. The van der Waals surface area contributed by atoms with E-state index >= 15 is 0 Å². The molecule has 52 heavy (non-hydrogen) atoms. The average Bonchev–Trinajstić information content (AvgIpc) is 3.18. The van der Waals surface area contributed by atoms with Crippen LogP contribution in [0.5, 0.6) is 23.0 Å². The number of amides is 1. The molecule has 8 nitrogen and oxygen atoms in total. The van der Waals surface area contributed by atoms with Crippen LogP contribution in [0.4, 0.5) is 0 Å². The van der Waals surface area contributed by atoms with Gasteiger partial charge in [-0.2, -0.15) is 5.10 Å². The van der Waals surface area contributed by atoms with Crippen LogP contribution in [-0.4, -0.2) is 31.3 Å². The summed E-state index contributed by atoms with van der Waals surface area (Å²) in [5.74, 6) is 1.87. The van der Waals surface area contributed by atoms with Crippen LogP contribution in [0.15, 0.2) is 102 Å². The molecule has 0 radical (unpaired) electrons. The van der Waals surface area contributed by atoms with Crippen molar-refractivity contribution in [3.8, 4) is 23.0 Å². The predicted molar refractivity (Wildman–Crippen MR) is 208 cm³/mol. The van der Waals surface area contributed by atoms with Gasteiger partial charge >= 0.3 is 5.97 Å². The average molecular weight is 707 g/mol. The quantitative estimate of drug-likeness (QED) is 0.0256. The Labute approximate surface area is 309 Å². The SMILES string of the molecule is CCCCCCCCCCOc1ccc(COc2ccc(C(=O)N/N=C/c3ccc(OC(=O)c4ccc(OCCCCCC)cc4)cc3)cc2)cc1. The zero-order valence-electron chi connectivity index (χ0n) is 30.8. The number of esters is 1. The second-order valence-electron chi connectivity index (χ2n) is 12.9. The zero-order chi connectivity index (χ0) is 36.6. The number of carbonyl (C=O) groups is 2. The Morgan fingerprint density at radius 2 is 1.00 bits per heavy atom. The molecule has 0 unspecified atom stereocenters. The molecule has 0 aliphatic heterocycles. The summed E-state index contributed by atoms with van der Waals surface area (Å²) in [4.78, 5) is 25.2. The first-order valence-electron chi connectivity index (χ1n) is 18.9. The normalized spacial score (nSPS) is 11.0. The van der Waals surface area contributed by atoms with Gasteiger partial charge in [-0.1, -0.05) is 90.2 Å². The largest absolute Gasteiger partial charge is 0.494 e. The summed E-state index contributed by atoms with van der Waals surface area (Å²) in [6.45, 7) is 6.25. The van der Waals surface area contributed by atoms with Crippen LogP contribution in [0.1, 0.15) is 123 Å². The summed E-state index contributed by atoms with van der Waals surface area (Å²) in [6, 6.07) is 28.7. The van der Waals surface area contributed by atoms with Gasteiger partial charge in [0.1, 0.15) is 29.6 Å². The number of ether oxygens (including phenoxy) is 4. The number of benzene rings is 4. The van der Waals surface area contributed by atoms with Crippen molar-refractivity contribution in [1.82, 2.24) is 5.43 Å². The van der Waals surface area contributed by atoms with Crippen LogP contribution in [-0.2, 0) is 6.61 Å². The summed E-state index contributed by atoms with van der Waals surface area (Å²) in [7, 11) is 0. The highest BCUT2D eigenvalue weighted by Crippen LogP contribution is 2.19. The Morgan fingerprint density at radius 1 is 0.538 bits per heavy atom. The monoisotopic (exact) mass is 706 g/mol. The number of hydrogen-bond acceptors (Lipinski definition) is 7. The number of nitrogens with one attached hydrogen (secondary N) is 1. The first-order valence-corrected chi connectivity index (χ1v) is 18.9. The molecule has 0 fully saturated rings. The number of hydrogen-bond donors (Lipinski definition) is 1. The molecule has 0 aliphatic rings. The van der Waals surface area contributed by atoms with E-state index in [1.165, 1.54) is 64.0 Å². The summed E-state index contributed by atoms with van der Waals surface area (Å²) >= 11 is 0. The minimum atomic E-state index is -0.455. The number of rotatable bonds is 24. The van der Waals surface area contributed by atoms with E-state index in [1.807, 2.05) is 24.3 Å². The molecule has 0 saturated heterocycles. The van der Waals surface area contributed by atoms with Gasteiger partial charge < -0.3 is 18.9 Å². The maximum Gasteiger partial charge on any atom is 0.343 e. The van der Waals surface area contributed by atoms with Crippen molar-refractivity contribution in [2.45, 2.75) is 97.5 Å². The molecule has 0 aromatic heterocycles. The standard InChI is InChI=1S/C44H54N2O6/c1-3-5-7-9-10-11-12-14-32-49-39-23-17-36(18-24-39)34-51-41-27-19-37(20-28-41)43(47)46-45-33-35-15-25-42(26-16-35)52-44(48)38-21-29-40(30-22-38)50-31-13-8-6-4-2/h15-30,33H,3-14,31-32,34H2,1-2H3,(H,46,47)/b45-33+. The lowest BCUT2D eigenvalue weighted by Gasteiger charge is -2.09. The van der Waals surface area contributed by atoms with Crippen molar-refractivity contribution < 1.29 is 28.5 Å². The Bertz CT molecular complexity index is 1620. The van der Waals surface area contributed by atoms with Gasteiger partial charge in [-0.15, -0.1) is 0 Å². The van der Waals surface area contributed by atoms with Gasteiger partial charge in [0.15, 0.2) is 0 Å². The summed E-state index contributed by atoms with van der Waals surface area (Å²) in [5.41, 5.74) is 5.19. The van der Waals surface area contributed by atoms with E-state index in [-0.39, 0.29) is 5.91 Å². The van der Waals surface area contributed by atoms with E-state index < -0.39 is 5.97 Å². The fraction of sp³-hybridized carbons (Fsp3) is 0.386. The minimum Gasteiger partial charge on any atom is -0.494 e. The first-order chi connectivity index (χ1) is 25.5. The second-order valence-corrected chi connectivity index (χ2v) is 12.9. The molecule has 4 rings (SSSR count). The Morgan fingerprint density at radius 3 is 1.58 bits per heavy atom. The maximum atomic E-state index is 12.6. The summed E-state index contributed by atoms with van der Waals surface area (Å²) in [6.07, 6.45) is 16.3. The van der Waals surface area contributed by atoms with E-state index in [9.17, 15) is 9.59 Å². The highest BCUT2D eigenvalue weighted by molar-refractivity contribution is 5.95. The van der Waals surface area contributed by atoms with Gasteiger partial charge in [-0.25, -0.2) is 10.2 Å². The van der Waals surface area contributed by atoms with E-state index in [1.54, 1.807) is 72.8 Å². The number of nitrogens with zero attached hydrogens (tertiary/aromatic N) is 1. The minimum absolute atomic E-state index is 0.344. The molecule has 0 heterocycles. The molecular weight excluding hydrogens is 652 g/mol. The lowest BCUT2D eigenvalue weighted by Crippen LogP contribution is -2.17. The van der Waals surface area contributed by atoms with Crippen molar-refractivity contribution in [2.24, 2.45) is 5.10 Å². The lowest BCUT2D eigenvalue weighted by atomic mass is 10.1. The van der Waals surface area contributed by atoms with Crippen molar-refractivity contribution in [1.29, 1.82) is 0 Å². The molecule has 0 bridgehead atoms. The van der Waals surface area contributed by atoms with Gasteiger partial charge in [-0.05, 0) is 109 Å². The van der Waals surface area contributed by atoms with Crippen LogP contribution < -0.4 is 24.4 Å². The number of unbranched alkanes of at least 4 members (excludes halogenated alkanes) is 10. The Balaban J connectivity index is 1.11. The molecule has 1 amide bonds. The second kappa shape index (κ2) is 23.4. The fourth-order valence-electron chi connectivity index (χ4n) is 5.40. The highest BCUT2D eigenvalue weighted by atomic mass is 16.5. The van der Waals surface area contributed by atoms with E-state index in [2.05, 4.69) is 24.4 Å². The Kier molecular flexibility index (Phi) is 17.8. The first kappa shape index (κ1) is 39.7. The van der Waals surface area contributed by atoms with Crippen molar-refractivity contribution in [3.05, 3.63) is 119 Å². The topological polar surface area (TPSA) is 95.5 Å². The predicted octanol–water partition coefficient (Wildman–Crippen LogP) is 10.7. The highest BCUT2D eigenvalue weighted by Gasteiger charge is 2.09. The van der Waals surface area contributed by atoms with Crippen LogP contribution in [0.2, 0.25) is 0 Å². The van der Waals surface area contributed by atoms with Gasteiger partial charge in [0.05, 0.1) is 25.0 Å². The van der Waals surface area contributed by atoms with E-state index in [0.717, 1.165) is 48.5 Å². The van der Waals surface area contributed by atoms with Crippen molar-refractivity contribution >= 4 is 18.1 Å². The smallest absolute Gasteiger partial charge is 0.343 e. The van der Waals surface area contributed by atoms with Gasteiger partial charge in [0.25, 0.3) is 5.91 Å². The Hall–Kier alpha value is -5.11.